The maximum atomic E-state index is 14.2. The summed E-state index contributed by atoms with van der Waals surface area (Å²) in [5.41, 5.74) is 2.22. The molecule has 1 aromatic heterocycles. The molecule has 4 rings (SSSR count). The van der Waals surface area contributed by atoms with Crippen LogP contribution in [0, 0.1) is 12.7 Å². The van der Waals surface area contributed by atoms with Gasteiger partial charge in [0.05, 0.1) is 23.7 Å². The summed E-state index contributed by atoms with van der Waals surface area (Å²) in [6.45, 7) is 5.91. The van der Waals surface area contributed by atoms with Gasteiger partial charge >= 0.3 is 5.97 Å². The van der Waals surface area contributed by atoms with Gasteiger partial charge in [0, 0.05) is 32.2 Å². The summed E-state index contributed by atoms with van der Waals surface area (Å²) in [6.07, 6.45) is 0. The summed E-state index contributed by atoms with van der Waals surface area (Å²) >= 11 is 0. The van der Waals surface area contributed by atoms with Crippen LogP contribution >= 0.6 is 0 Å². The number of rotatable bonds is 5. The zero-order valence-electron chi connectivity index (χ0n) is 18.1. The summed E-state index contributed by atoms with van der Waals surface area (Å²) in [4.78, 5) is 29.6. The molecule has 0 bridgehead atoms. The van der Waals surface area contributed by atoms with Crippen LogP contribution in [0.3, 0.4) is 0 Å². The van der Waals surface area contributed by atoms with Crippen molar-refractivity contribution in [3.63, 3.8) is 0 Å². The third-order valence-corrected chi connectivity index (χ3v) is 5.54. The van der Waals surface area contributed by atoms with E-state index in [0.717, 1.165) is 5.56 Å². The van der Waals surface area contributed by atoms with Crippen molar-refractivity contribution in [2.24, 2.45) is 0 Å². The first kappa shape index (κ1) is 21.5. The van der Waals surface area contributed by atoms with Crippen molar-refractivity contribution in [1.82, 2.24) is 9.78 Å². The van der Waals surface area contributed by atoms with E-state index in [4.69, 9.17) is 4.74 Å². The van der Waals surface area contributed by atoms with E-state index in [-0.39, 0.29) is 23.7 Å². The highest BCUT2D eigenvalue weighted by molar-refractivity contribution is 5.93. The van der Waals surface area contributed by atoms with E-state index in [9.17, 15) is 14.0 Å². The number of hydrogen-bond acceptors (Lipinski definition) is 6. The van der Waals surface area contributed by atoms with Crippen LogP contribution in [0.2, 0.25) is 0 Å². The normalized spacial score (nSPS) is 13.8. The van der Waals surface area contributed by atoms with Crippen LogP contribution in [0.4, 0.5) is 15.8 Å². The molecular formula is C24H25FN4O3. The number of nitrogens with zero attached hydrogens (tertiary/aromatic N) is 4. The average Bonchev–Trinajstić information content (AvgIpc) is 2.80. The largest absolute Gasteiger partial charge is 0.461 e. The predicted molar refractivity (Wildman–Crippen MR) is 121 cm³/mol. The lowest BCUT2D eigenvalue weighted by molar-refractivity contribution is 0.0518. The van der Waals surface area contributed by atoms with Crippen LogP contribution < -0.4 is 15.4 Å². The lowest BCUT2D eigenvalue weighted by atomic mass is 10.2. The minimum absolute atomic E-state index is 0.0917. The second-order valence-corrected chi connectivity index (χ2v) is 7.56. The SMILES string of the molecule is CCOC(=O)c1nn(-c2ccccc2C)c(=O)cc1N1CCN(c2ccccc2F)CC1. The highest BCUT2D eigenvalue weighted by atomic mass is 19.1. The molecule has 0 amide bonds. The summed E-state index contributed by atoms with van der Waals surface area (Å²) in [7, 11) is 0. The van der Waals surface area contributed by atoms with E-state index in [1.807, 2.05) is 34.9 Å². The summed E-state index contributed by atoms with van der Waals surface area (Å²) < 4.78 is 20.6. The predicted octanol–water partition coefficient (Wildman–Crippen LogP) is 3.18. The monoisotopic (exact) mass is 436 g/mol. The van der Waals surface area contributed by atoms with Crippen LogP contribution in [0.15, 0.2) is 59.4 Å². The zero-order chi connectivity index (χ0) is 22.7. The molecule has 7 nitrogen and oxygen atoms in total. The van der Waals surface area contributed by atoms with Gasteiger partial charge in [-0.2, -0.15) is 9.78 Å². The smallest absolute Gasteiger partial charge is 0.360 e. The number of benzene rings is 2. The Morgan fingerprint density at radius 1 is 0.969 bits per heavy atom. The van der Waals surface area contributed by atoms with E-state index in [2.05, 4.69) is 5.10 Å². The maximum absolute atomic E-state index is 14.2. The molecule has 1 aliphatic heterocycles. The molecule has 8 heteroatoms. The van der Waals surface area contributed by atoms with E-state index in [1.165, 1.54) is 16.8 Å². The number of piperazine rings is 1. The van der Waals surface area contributed by atoms with Crippen molar-refractivity contribution in [2.75, 3.05) is 42.6 Å². The number of hydrogen-bond donors (Lipinski definition) is 0. The molecule has 0 atom stereocenters. The number of esters is 1. The molecule has 0 saturated carbocycles. The first-order chi connectivity index (χ1) is 15.5. The second-order valence-electron chi connectivity index (χ2n) is 7.56. The molecule has 0 spiro atoms. The van der Waals surface area contributed by atoms with E-state index < -0.39 is 5.97 Å². The molecule has 1 aliphatic rings. The zero-order valence-corrected chi connectivity index (χ0v) is 18.1. The van der Waals surface area contributed by atoms with Crippen molar-refractivity contribution in [3.8, 4) is 5.69 Å². The van der Waals surface area contributed by atoms with Crippen molar-refractivity contribution in [1.29, 1.82) is 0 Å². The molecule has 1 saturated heterocycles. The Bertz CT molecular complexity index is 1190. The van der Waals surface area contributed by atoms with Gasteiger partial charge in [0.25, 0.3) is 5.56 Å². The number of ether oxygens (including phenoxy) is 1. The second kappa shape index (κ2) is 9.21. The summed E-state index contributed by atoms with van der Waals surface area (Å²) in [6, 6.07) is 15.4. The fourth-order valence-corrected chi connectivity index (χ4v) is 3.90. The van der Waals surface area contributed by atoms with Crippen molar-refractivity contribution in [2.45, 2.75) is 13.8 Å². The third kappa shape index (κ3) is 4.21. The molecule has 0 N–H and O–H groups in total. The highest BCUT2D eigenvalue weighted by Crippen LogP contribution is 2.24. The van der Waals surface area contributed by atoms with Gasteiger partial charge in [-0.25, -0.2) is 9.18 Å². The molecule has 0 unspecified atom stereocenters. The van der Waals surface area contributed by atoms with Gasteiger partial charge in [-0.1, -0.05) is 30.3 Å². The first-order valence-corrected chi connectivity index (χ1v) is 10.6. The fourth-order valence-electron chi connectivity index (χ4n) is 3.90. The van der Waals surface area contributed by atoms with Crippen molar-refractivity contribution < 1.29 is 13.9 Å². The molecule has 3 aromatic rings. The Kier molecular flexibility index (Phi) is 6.20. The highest BCUT2D eigenvalue weighted by Gasteiger charge is 2.26. The van der Waals surface area contributed by atoms with E-state index in [1.54, 1.807) is 31.2 Å². The molecular weight excluding hydrogens is 411 g/mol. The Morgan fingerprint density at radius 2 is 1.56 bits per heavy atom. The van der Waals surface area contributed by atoms with Gasteiger partial charge in [-0.15, -0.1) is 0 Å². The lowest BCUT2D eigenvalue weighted by Crippen LogP contribution is -2.48. The third-order valence-electron chi connectivity index (χ3n) is 5.54. The van der Waals surface area contributed by atoms with Gasteiger partial charge in [0.2, 0.25) is 0 Å². The van der Waals surface area contributed by atoms with Crippen LogP contribution in [-0.2, 0) is 4.74 Å². The molecule has 2 heterocycles. The molecule has 0 aliphatic carbocycles. The Hall–Kier alpha value is -3.68. The number of aromatic nitrogens is 2. The van der Waals surface area contributed by atoms with Gasteiger partial charge in [0.15, 0.2) is 5.69 Å². The van der Waals surface area contributed by atoms with Crippen molar-refractivity contribution in [3.05, 3.63) is 82.0 Å². The van der Waals surface area contributed by atoms with Gasteiger partial charge in [-0.3, -0.25) is 4.79 Å². The molecule has 2 aromatic carbocycles. The lowest BCUT2D eigenvalue weighted by Gasteiger charge is -2.37. The van der Waals surface area contributed by atoms with Gasteiger partial charge in [0.1, 0.15) is 5.82 Å². The quantitative estimate of drug-likeness (QED) is 0.573. The topological polar surface area (TPSA) is 67.7 Å². The van der Waals surface area contributed by atoms with E-state index >= 15 is 0 Å². The van der Waals surface area contributed by atoms with Crippen molar-refractivity contribution >= 4 is 17.3 Å². The number of carbonyl (C=O) groups excluding carboxylic acids is 1. The summed E-state index contributed by atoms with van der Waals surface area (Å²) in [5.74, 6) is -0.850. The minimum Gasteiger partial charge on any atom is -0.461 e. The standard InChI is InChI=1S/C24H25FN4O3/c1-3-32-24(31)23-21(16-22(30)29(26-23)19-10-6-4-8-17(19)2)28-14-12-27(13-15-28)20-11-7-5-9-18(20)25/h4-11,16H,3,12-15H2,1-2H3. The number of anilines is 2. The Balaban J connectivity index is 1.67. The van der Waals surface area contributed by atoms with Gasteiger partial charge < -0.3 is 14.5 Å². The summed E-state index contributed by atoms with van der Waals surface area (Å²) in [5, 5.41) is 4.40. The Morgan fingerprint density at radius 3 is 2.19 bits per heavy atom. The Labute approximate surface area is 185 Å². The van der Waals surface area contributed by atoms with Crippen LogP contribution in [-0.4, -0.2) is 48.5 Å². The minimum atomic E-state index is -0.582. The number of para-hydroxylation sites is 2. The molecule has 166 valence electrons. The van der Waals surface area contributed by atoms with E-state index in [0.29, 0.717) is 43.2 Å². The van der Waals surface area contributed by atoms with Crippen LogP contribution in [0.1, 0.15) is 23.0 Å². The van der Waals surface area contributed by atoms with Gasteiger partial charge in [-0.05, 0) is 37.6 Å². The first-order valence-electron chi connectivity index (χ1n) is 10.6. The van der Waals surface area contributed by atoms with Crippen LogP contribution in [0.5, 0.6) is 0 Å². The molecule has 1 fully saturated rings. The number of aryl methyl sites for hydroxylation is 1. The maximum Gasteiger partial charge on any atom is 0.360 e. The molecule has 0 radical (unpaired) electrons. The van der Waals surface area contributed by atoms with Crippen LogP contribution in [0.25, 0.3) is 5.69 Å². The molecule has 32 heavy (non-hydrogen) atoms. The fraction of sp³-hybridized carbons (Fsp3) is 0.292. The number of carbonyl (C=O) groups is 1. The number of halogens is 1. The average molecular weight is 436 g/mol.